The zero-order valence-electron chi connectivity index (χ0n) is 20.0. The number of nitrogens with zero attached hydrogens (tertiary/aromatic N) is 3. The van der Waals surface area contributed by atoms with Gasteiger partial charge in [-0.2, -0.15) is 5.10 Å². The number of amides is 1. The predicted octanol–water partition coefficient (Wildman–Crippen LogP) is 6.29. The lowest BCUT2D eigenvalue weighted by Gasteiger charge is -2.11. The first kappa shape index (κ1) is 26.8. The number of nitro groups is 2. The van der Waals surface area contributed by atoms with Crippen LogP contribution in [0.25, 0.3) is 0 Å². The van der Waals surface area contributed by atoms with Gasteiger partial charge in [0.2, 0.25) is 5.75 Å². The number of nitro benzene ring substituents is 2. The van der Waals surface area contributed by atoms with Crippen LogP contribution in [0.15, 0.2) is 96.1 Å². The summed E-state index contributed by atoms with van der Waals surface area (Å²) in [7, 11) is 0. The Bertz CT molecular complexity index is 1580. The van der Waals surface area contributed by atoms with Crippen LogP contribution in [0, 0.1) is 20.2 Å². The highest BCUT2D eigenvalue weighted by atomic mass is 35.5. The Morgan fingerprint density at radius 2 is 1.67 bits per heavy atom. The molecule has 0 fully saturated rings. The summed E-state index contributed by atoms with van der Waals surface area (Å²) in [5.41, 5.74) is 3.01. The molecule has 0 saturated heterocycles. The third-order valence-corrected chi connectivity index (χ3v) is 5.66. The number of non-ortho nitro benzene ring substituents is 1. The molecule has 0 aromatic heterocycles. The number of rotatable bonds is 10. The van der Waals surface area contributed by atoms with Crippen LogP contribution in [-0.2, 0) is 6.61 Å². The number of hydrogen-bond acceptors (Lipinski definition) is 8. The fourth-order valence-corrected chi connectivity index (χ4v) is 3.60. The summed E-state index contributed by atoms with van der Waals surface area (Å²) in [6, 6.07) is 23.4. The Kier molecular flexibility index (Phi) is 8.44. The number of hydrazone groups is 1. The van der Waals surface area contributed by atoms with Crippen molar-refractivity contribution in [2.45, 2.75) is 6.61 Å². The SMILES string of the molecule is O=C(N/N=C\c1cccc(Oc2ccc([N+](=O)[O-])cc2[N+](=O)[O-])c1)c1ccccc1OCc1ccccc1Cl. The summed E-state index contributed by atoms with van der Waals surface area (Å²) < 4.78 is 11.4. The van der Waals surface area contributed by atoms with E-state index < -0.39 is 27.1 Å². The van der Waals surface area contributed by atoms with Crippen LogP contribution in [-0.4, -0.2) is 22.0 Å². The van der Waals surface area contributed by atoms with Crippen molar-refractivity contribution in [1.29, 1.82) is 0 Å². The van der Waals surface area contributed by atoms with Crippen LogP contribution in [0.2, 0.25) is 5.02 Å². The third kappa shape index (κ3) is 6.93. The van der Waals surface area contributed by atoms with Gasteiger partial charge in [-0.1, -0.05) is 54.1 Å². The van der Waals surface area contributed by atoms with Gasteiger partial charge in [-0.3, -0.25) is 25.0 Å². The molecular formula is C27H19ClN4O7. The van der Waals surface area contributed by atoms with E-state index >= 15 is 0 Å². The lowest BCUT2D eigenvalue weighted by molar-refractivity contribution is -0.394. The number of ether oxygens (including phenoxy) is 2. The first-order valence-corrected chi connectivity index (χ1v) is 11.7. The molecule has 0 bridgehead atoms. The summed E-state index contributed by atoms with van der Waals surface area (Å²) in [6.45, 7) is 0.174. The van der Waals surface area contributed by atoms with Crippen LogP contribution in [0.3, 0.4) is 0 Å². The largest absolute Gasteiger partial charge is 0.488 e. The molecule has 0 atom stereocenters. The molecule has 12 heteroatoms. The van der Waals surface area contributed by atoms with Crippen LogP contribution < -0.4 is 14.9 Å². The van der Waals surface area contributed by atoms with Crippen molar-refractivity contribution < 1.29 is 24.1 Å². The zero-order chi connectivity index (χ0) is 27.8. The summed E-state index contributed by atoms with van der Waals surface area (Å²) in [4.78, 5) is 33.5. The average molecular weight is 547 g/mol. The number of para-hydroxylation sites is 1. The Labute approximate surface area is 226 Å². The molecule has 0 spiro atoms. The van der Waals surface area contributed by atoms with E-state index in [4.69, 9.17) is 21.1 Å². The van der Waals surface area contributed by atoms with Crippen molar-refractivity contribution in [2.75, 3.05) is 0 Å². The van der Waals surface area contributed by atoms with E-state index in [1.165, 1.54) is 12.3 Å². The minimum Gasteiger partial charge on any atom is -0.488 e. The van der Waals surface area contributed by atoms with Gasteiger partial charge < -0.3 is 9.47 Å². The quantitative estimate of drug-likeness (QED) is 0.140. The van der Waals surface area contributed by atoms with Gasteiger partial charge in [-0.15, -0.1) is 0 Å². The van der Waals surface area contributed by atoms with Crippen LogP contribution in [0.4, 0.5) is 11.4 Å². The molecule has 1 N–H and O–H groups in total. The summed E-state index contributed by atoms with van der Waals surface area (Å²) in [6.07, 6.45) is 1.36. The summed E-state index contributed by atoms with van der Waals surface area (Å²) in [5.74, 6) is -0.0953. The maximum Gasteiger partial charge on any atom is 0.318 e. The standard InChI is InChI=1S/C27H19ClN4O7/c28-23-10-3-1-7-19(23)17-38-25-11-4-2-9-22(25)27(33)30-29-16-18-6-5-8-21(14-18)39-26-13-12-20(31(34)35)15-24(26)32(36)37/h1-16H,17H2,(H,30,33)/b29-16-. The number of carbonyl (C=O) groups is 1. The van der Waals surface area contributed by atoms with E-state index in [9.17, 15) is 25.0 Å². The fourth-order valence-electron chi connectivity index (χ4n) is 3.41. The highest BCUT2D eigenvalue weighted by Crippen LogP contribution is 2.34. The van der Waals surface area contributed by atoms with Crippen molar-refractivity contribution >= 4 is 35.1 Å². The Morgan fingerprint density at radius 3 is 2.44 bits per heavy atom. The van der Waals surface area contributed by atoms with E-state index in [0.717, 1.165) is 23.8 Å². The summed E-state index contributed by atoms with van der Waals surface area (Å²) in [5, 5.41) is 26.8. The van der Waals surface area contributed by atoms with Gasteiger partial charge in [0, 0.05) is 16.7 Å². The molecule has 4 rings (SSSR count). The molecule has 0 aliphatic heterocycles. The molecule has 0 saturated carbocycles. The Hall–Kier alpha value is -5.29. The molecular weight excluding hydrogens is 528 g/mol. The van der Waals surface area contributed by atoms with Gasteiger partial charge in [-0.25, -0.2) is 5.43 Å². The predicted molar refractivity (Wildman–Crippen MR) is 144 cm³/mol. The zero-order valence-corrected chi connectivity index (χ0v) is 20.8. The lowest BCUT2D eigenvalue weighted by atomic mass is 10.2. The number of hydrogen-bond donors (Lipinski definition) is 1. The monoisotopic (exact) mass is 546 g/mol. The highest BCUT2D eigenvalue weighted by Gasteiger charge is 2.21. The highest BCUT2D eigenvalue weighted by molar-refractivity contribution is 6.31. The minimum atomic E-state index is -0.765. The third-order valence-electron chi connectivity index (χ3n) is 5.29. The van der Waals surface area contributed by atoms with Crippen molar-refractivity contribution in [3.8, 4) is 17.2 Å². The number of benzene rings is 4. The first-order valence-electron chi connectivity index (χ1n) is 11.3. The summed E-state index contributed by atoms with van der Waals surface area (Å²) >= 11 is 6.17. The maximum absolute atomic E-state index is 12.8. The normalized spacial score (nSPS) is 10.7. The molecule has 0 aliphatic carbocycles. The minimum absolute atomic E-state index is 0.165. The van der Waals surface area contributed by atoms with Crippen molar-refractivity contribution in [3.63, 3.8) is 0 Å². The molecule has 0 radical (unpaired) electrons. The van der Waals surface area contributed by atoms with Crippen molar-refractivity contribution in [3.05, 3.63) is 133 Å². The molecule has 196 valence electrons. The molecule has 4 aromatic rings. The second-order valence-electron chi connectivity index (χ2n) is 7.92. The molecule has 1 amide bonds. The molecule has 39 heavy (non-hydrogen) atoms. The second-order valence-corrected chi connectivity index (χ2v) is 8.32. The van der Waals surface area contributed by atoms with Crippen LogP contribution >= 0.6 is 11.6 Å². The van der Waals surface area contributed by atoms with E-state index in [-0.39, 0.29) is 23.7 Å². The van der Waals surface area contributed by atoms with Gasteiger partial charge in [0.1, 0.15) is 18.1 Å². The molecule has 4 aromatic carbocycles. The van der Waals surface area contributed by atoms with Crippen molar-refractivity contribution in [2.24, 2.45) is 5.10 Å². The number of nitrogens with one attached hydrogen (secondary N) is 1. The molecule has 0 heterocycles. The second kappa shape index (κ2) is 12.3. The smallest absolute Gasteiger partial charge is 0.318 e. The van der Waals surface area contributed by atoms with Gasteiger partial charge in [0.15, 0.2) is 0 Å². The van der Waals surface area contributed by atoms with Crippen LogP contribution in [0.1, 0.15) is 21.5 Å². The van der Waals surface area contributed by atoms with E-state index in [0.29, 0.717) is 16.3 Å². The first-order chi connectivity index (χ1) is 18.8. The van der Waals surface area contributed by atoms with E-state index in [1.54, 1.807) is 48.5 Å². The average Bonchev–Trinajstić information content (AvgIpc) is 2.93. The fraction of sp³-hybridized carbons (Fsp3) is 0.0370. The van der Waals surface area contributed by atoms with E-state index in [1.807, 2.05) is 18.2 Å². The molecule has 0 aliphatic rings. The van der Waals surface area contributed by atoms with Gasteiger partial charge >= 0.3 is 5.69 Å². The Balaban J connectivity index is 1.43. The molecule has 11 nitrogen and oxygen atoms in total. The lowest BCUT2D eigenvalue weighted by Crippen LogP contribution is -2.18. The maximum atomic E-state index is 12.8. The van der Waals surface area contributed by atoms with Gasteiger partial charge in [0.25, 0.3) is 11.6 Å². The van der Waals surface area contributed by atoms with E-state index in [2.05, 4.69) is 10.5 Å². The Morgan fingerprint density at radius 1 is 0.897 bits per heavy atom. The number of carbonyl (C=O) groups excluding carboxylic acids is 1. The number of halogens is 1. The topological polar surface area (TPSA) is 146 Å². The van der Waals surface area contributed by atoms with Crippen LogP contribution in [0.5, 0.6) is 17.2 Å². The van der Waals surface area contributed by atoms with Gasteiger partial charge in [0.05, 0.1) is 27.7 Å². The molecule has 0 unspecified atom stereocenters. The van der Waals surface area contributed by atoms with Crippen molar-refractivity contribution in [1.82, 2.24) is 5.43 Å². The van der Waals surface area contributed by atoms with Gasteiger partial charge in [-0.05, 0) is 42.0 Å².